The van der Waals surface area contributed by atoms with E-state index in [2.05, 4.69) is 22.1 Å². The molecule has 0 aliphatic heterocycles. The predicted octanol–water partition coefficient (Wildman–Crippen LogP) is 2.61. The fraction of sp³-hybridized carbons (Fsp3) is 0.294. The monoisotopic (exact) mass is 313 g/mol. The van der Waals surface area contributed by atoms with Gasteiger partial charge in [-0.2, -0.15) is 0 Å². The number of rotatable bonds is 3. The van der Waals surface area contributed by atoms with Crippen molar-refractivity contribution in [2.24, 2.45) is 0 Å². The molecule has 1 heterocycles. The minimum Gasteiger partial charge on any atom is -0.377 e. The molecule has 0 atom stereocenters. The second kappa shape index (κ2) is 7.10. The molecule has 0 aliphatic carbocycles. The molecule has 5 heteroatoms. The molecule has 22 heavy (non-hydrogen) atoms. The van der Waals surface area contributed by atoms with Crippen LogP contribution in [0.1, 0.15) is 25.9 Å². The van der Waals surface area contributed by atoms with Crippen LogP contribution in [0.3, 0.4) is 0 Å². The van der Waals surface area contributed by atoms with Crippen LogP contribution >= 0.6 is 11.3 Å². The summed E-state index contributed by atoms with van der Waals surface area (Å²) >= 11 is 1.41. The molecule has 114 valence electrons. The summed E-state index contributed by atoms with van der Waals surface area (Å²) in [6, 6.07) is 7.93. The number of para-hydroxylation sites is 1. The Morgan fingerprint density at radius 2 is 2.05 bits per heavy atom. The van der Waals surface area contributed by atoms with Crippen molar-refractivity contribution in [1.29, 1.82) is 0 Å². The van der Waals surface area contributed by atoms with Gasteiger partial charge in [-0.15, -0.1) is 11.3 Å². The third kappa shape index (κ3) is 3.86. The van der Waals surface area contributed by atoms with Crippen LogP contribution in [0.25, 0.3) is 0 Å². The number of amides is 1. The van der Waals surface area contributed by atoms with Crippen molar-refractivity contribution in [3.05, 3.63) is 45.4 Å². The number of carbonyl (C=O) groups is 1. The number of thiazole rings is 1. The van der Waals surface area contributed by atoms with E-state index >= 15 is 0 Å². The molecule has 1 amide bonds. The minimum absolute atomic E-state index is 0.113. The molecule has 2 rings (SSSR count). The Kier molecular flexibility index (Phi) is 5.18. The first-order valence-electron chi connectivity index (χ1n) is 6.96. The molecule has 2 aromatic rings. The number of hydrogen-bond acceptors (Lipinski definition) is 4. The van der Waals surface area contributed by atoms with Gasteiger partial charge >= 0.3 is 0 Å². The Morgan fingerprint density at radius 1 is 1.32 bits per heavy atom. The molecule has 0 unspecified atom stereocenters. The molecule has 0 saturated carbocycles. The zero-order valence-corrected chi connectivity index (χ0v) is 14.0. The molecular weight excluding hydrogens is 294 g/mol. The van der Waals surface area contributed by atoms with E-state index in [1.807, 2.05) is 57.1 Å². The molecule has 4 nitrogen and oxygen atoms in total. The number of nitrogens with zero attached hydrogens (tertiary/aromatic N) is 2. The summed E-state index contributed by atoms with van der Waals surface area (Å²) in [5.74, 6) is 5.99. The lowest BCUT2D eigenvalue weighted by atomic mass is 10.1. The quantitative estimate of drug-likeness (QED) is 0.886. The highest BCUT2D eigenvalue weighted by atomic mass is 32.1. The van der Waals surface area contributed by atoms with Gasteiger partial charge in [-0.1, -0.05) is 24.0 Å². The second-order valence-electron chi connectivity index (χ2n) is 5.04. The number of aryl methyl sites for hydroxylation is 2. The van der Waals surface area contributed by atoms with Gasteiger partial charge in [0.25, 0.3) is 5.91 Å². The first kappa shape index (κ1) is 16.1. The van der Waals surface area contributed by atoms with Gasteiger partial charge in [-0.3, -0.25) is 4.79 Å². The van der Waals surface area contributed by atoms with Gasteiger partial charge in [0.05, 0.1) is 22.9 Å². The van der Waals surface area contributed by atoms with Crippen molar-refractivity contribution in [2.75, 3.05) is 25.5 Å². The van der Waals surface area contributed by atoms with Crippen LogP contribution in [-0.4, -0.2) is 31.5 Å². The first-order valence-corrected chi connectivity index (χ1v) is 7.78. The number of aromatic nitrogens is 1. The normalized spacial score (nSPS) is 9.82. The van der Waals surface area contributed by atoms with Crippen LogP contribution in [0.2, 0.25) is 0 Å². The summed E-state index contributed by atoms with van der Waals surface area (Å²) in [4.78, 5) is 19.0. The van der Waals surface area contributed by atoms with Gasteiger partial charge in [0, 0.05) is 19.7 Å². The van der Waals surface area contributed by atoms with Gasteiger partial charge in [0.2, 0.25) is 0 Å². The third-order valence-corrected chi connectivity index (χ3v) is 4.13. The Hall–Kier alpha value is -2.32. The lowest BCUT2D eigenvalue weighted by molar-refractivity contribution is 0.0962. The number of benzene rings is 1. The molecule has 1 aromatic carbocycles. The molecule has 0 bridgehead atoms. The average Bonchev–Trinajstić information content (AvgIpc) is 2.82. The molecule has 0 saturated heterocycles. The molecule has 0 radical (unpaired) electrons. The summed E-state index contributed by atoms with van der Waals surface area (Å²) in [5, 5.41) is 3.71. The molecule has 0 fully saturated rings. The van der Waals surface area contributed by atoms with Crippen LogP contribution in [0, 0.1) is 25.7 Å². The van der Waals surface area contributed by atoms with Crippen molar-refractivity contribution >= 4 is 22.9 Å². The highest BCUT2D eigenvalue weighted by Gasteiger charge is 2.12. The smallest absolute Gasteiger partial charge is 0.264 e. The van der Waals surface area contributed by atoms with E-state index in [1.165, 1.54) is 11.3 Å². The maximum atomic E-state index is 12.0. The Labute approximate surface area is 135 Å². The van der Waals surface area contributed by atoms with E-state index in [-0.39, 0.29) is 5.91 Å². The number of nitrogens with one attached hydrogen (secondary N) is 1. The van der Waals surface area contributed by atoms with Crippen LogP contribution in [0.15, 0.2) is 24.3 Å². The minimum atomic E-state index is -0.113. The van der Waals surface area contributed by atoms with Crippen molar-refractivity contribution in [1.82, 2.24) is 10.3 Å². The molecule has 0 aliphatic rings. The lowest BCUT2D eigenvalue weighted by Gasteiger charge is -2.13. The zero-order chi connectivity index (χ0) is 16.1. The highest BCUT2D eigenvalue weighted by Crippen LogP contribution is 2.17. The van der Waals surface area contributed by atoms with Crippen molar-refractivity contribution < 1.29 is 4.79 Å². The van der Waals surface area contributed by atoms with Gasteiger partial charge in [-0.05, 0) is 26.0 Å². The largest absolute Gasteiger partial charge is 0.377 e. The molecular formula is C17H19N3OS. The second-order valence-corrected chi connectivity index (χ2v) is 6.25. The standard InChI is InChI=1S/C17H19N3OS/c1-12-16(22-13(2)19-12)17(21)18-11-7-9-14-8-5-6-10-15(14)20(3)4/h5-6,8,10H,11H2,1-4H3,(H,18,21). The molecule has 1 aromatic heterocycles. The van der Waals surface area contributed by atoms with Crippen molar-refractivity contribution in [3.63, 3.8) is 0 Å². The van der Waals surface area contributed by atoms with Gasteiger partial charge < -0.3 is 10.2 Å². The van der Waals surface area contributed by atoms with Crippen molar-refractivity contribution in [3.8, 4) is 11.8 Å². The maximum absolute atomic E-state index is 12.0. The van der Waals surface area contributed by atoms with Gasteiger partial charge in [0.1, 0.15) is 4.88 Å². The van der Waals surface area contributed by atoms with Gasteiger partial charge in [0.15, 0.2) is 0 Å². The fourth-order valence-electron chi connectivity index (χ4n) is 2.06. The fourth-order valence-corrected chi connectivity index (χ4v) is 2.89. The van der Waals surface area contributed by atoms with Gasteiger partial charge in [-0.25, -0.2) is 4.98 Å². The Bertz CT molecular complexity index is 738. The molecule has 1 N–H and O–H groups in total. The average molecular weight is 313 g/mol. The van der Waals surface area contributed by atoms with E-state index in [0.29, 0.717) is 11.4 Å². The first-order chi connectivity index (χ1) is 10.5. The number of carbonyl (C=O) groups excluding carboxylic acids is 1. The zero-order valence-electron chi connectivity index (χ0n) is 13.2. The SMILES string of the molecule is Cc1nc(C)c(C(=O)NCC#Cc2ccccc2N(C)C)s1. The summed E-state index contributed by atoms with van der Waals surface area (Å²) in [7, 11) is 3.97. The topological polar surface area (TPSA) is 45.2 Å². The summed E-state index contributed by atoms with van der Waals surface area (Å²) in [5.41, 5.74) is 2.78. The summed E-state index contributed by atoms with van der Waals surface area (Å²) in [6.45, 7) is 4.06. The summed E-state index contributed by atoms with van der Waals surface area (Å²) in [6.07, 6.45) is 0. The lowest BCUT2D eigenvalue weighted by Crippen LogP contribution is -2.23. The van der Waals surface area contributed by atoms with E-state index in [9.17, 15) is 4.79 Å². The van der Waals surface area contributed by atoms with Crippen LogP contribution < -0.4 is 10.2 Å². The number of hydrogen-bond donors (Lipinski definition) is 1. The Morgan fingerprint density at radius 3 is 2.68 bits per heavy atom. The van der Waals surface area contributed by atoms with Crippen LogP contribution in [-0.2, 0) is 0 Å². The van der Waals surface area contributed by atoms with E-state index < -0.39 is 0 Å². The maximum Gasteiger partial charge on any atom is 0.264 e. The third-order valence-electron chi connectivity index (χ3n) is 3.06. The Balaban J connectivity index is 2.01. The summed E-state index contributed by atoms with van der Waals surface area (Å²) < 4.78 is 0. The van der Waals surface area contributed by atoms with Crippen molar-refractivity contribution in [2.45, 2.75) is 13.8 Å². The highest BCUT2D eigenvalue weighted by molar-refractivity contribution is 7.13. The van der Waals surface area contributed by atoms with E-state index in [0.717, 1.165) is 22.0 Å². The van der Waals surface area contributed by atoms with Crippen LogP contribution in [0.4, 0.5) is 5.69 Å². The van der Waals surface area contributed by atoms with E-state index in [1.54, 1.807) is 0 Å². The number of anilines is 1. The molecule has 0 spiro atoms. The predicted molar refractivity (Wildman–Crippen MR) is 91.6 cm³/mol. The van der Waals surface area contributed by atoms with Crippen LogP contribution in [0.5, 0.6) is 0 Å². The van der Waals surface area contributed by atoms with E-state index in [4.69, 9.17) is 0 Å².